The van der Waals surface area contributed by atoms with Crippen molar-refractivity contribution in [2.75, 3.05) is 24.3 Å². The molecule has 6 nitrogen and oxygen atoms in total. The van der Waals surface area contributed by atoms with Gasteiger partial charge in [0.05, 0.1) is 0 Å². The molecule has 116 valence electrons. The number of aromatic nitrogens is 1. The van der Waals surface area contributed by atoms with Crippen LogP contribution in [0.1, 0.15) is 6.92 Å². The molecular weight excluding hydrogens is 345 g/mol. The first-order valence-electron chi connectivity index (χ1n) is 6.71. The van der Waals surface area contributed by atoms with Gasteiger partial charge in [0.25, 0.3) is 0 Å². The van der Waals surface area contributed by atoms with Gasteiger partial charge in [0.2, 0.25) is 0 Å². The maximum atomic E-state index is 12.0. The van der Waals surface area contributed by atoms with Crippen LogP contribution in [0.5, 0.6) is 11.5 Å². The van der Waals surface area contributed by atoms with Crippen molar-refractivity contribution in [2.24, 2.45) is 0 Å². The third-order valence-electron chi connectivity index (χ3n) is 2.90. The number of ether oxygens (including phenoxy) is 2. The Balaban J connectivity index is 2.33. The fraction of sp³-hybridized carbons (Fsp3) is 0.200. The summed E-state index contributed by atoms with van der Waals surface area (Å²) in [4.78, 5) is 17.6. The molecule has 0 bridgehead atoms. The van der Waals surface area contributed by atoms with Gasteiger partial charge in [-0.25, -0.2) is 0 Å². The second-order valence-electron chi connectivity index (χ2n) is 4.47. The molecule has 1 atom stereocenters. The van der Waals surface area contributed by atoms with Gasteiger partial charge in [-0.3, -0.25) is 0 Å². The number of nitrogens with zero attached hydrogens (tertiary/aromatic N) is 2. The van der Waals surface area contributed by atoms with Crippen molar-refractivity contribution in [3.8, 4) is 11.5 Å². The van der Waals surface area contributed by atoms with Crippen LogP contribution in [0.2, 0.25) is 0 Å². The third kappa shape index (κ3) is 3.71. The zero-order valence-electron chi connectivity index (χ0n) is 12.4. The number of amides is 1. The number of anilines is 2. The van der Waals surface area contributed by atoms with Crippen LogP contribution in [0.3, 0.4) is 0 Å². The summed E-state index contributed by atoms with van der Waals surface area (Å²) in [5.74, 6) is 1.17. The molecule has 7 heteroatoms. The van der Waals surface area contributed by atoms with Crippen molar-refractivity contribution in [3.63, 3.8) is 0 Å². The summed E-state index contributed by atoms with van der Waals surface area (Å²) in [6, 6.07) is 8.75. The number of pyridine rings is 1. The molecule has 1 heterocycles. The summed E-state index contributed by atoms with van der Waals surface area (Å²) in [5, 5.41) is 0. The molecule has 1 amide bonds. The standard InChI is InChI=1S/C15H18AsN3O3/c1-3-21-15(20)19(2)13-12(8-9-18-14(13)16)22-11-6-4-10(17)5-7-11/h4-9H,3,16-17H2,1-2H3. The summed E-state index contributed by atoms with van der Waals surface area (Å²) in [7, 11) is 1.63. The van der Waals surface area contributed by atoms with Crippen LogP contribution in [0.15, 0.2) is 36.5 Å². The normalized spacial score (nSPS) is 10.1. The van der Waals surface area contributed by atoms with Crippen LogP contribution in [0.4, 0.5) is 16.2 Å². The minimum atomic E-state index is -0.448. The molecule has 0 aliphatic heterocycles. The van der Waals surface area contributed by atoms with E-state index >= 15 is 0 Å². The van der Waals surface area contributed by atoms with Gasteiger partial charge >= 0.3 is 137 Å². The van der Waals surface area contributed by atoms with E-state index in [1.165, 1.54) is 21.8 Å². The van der Waals surface area contributed by atoms with E-state index in [4.69, 9.17) is 15.2 Å². The predicted molar refractivity (Wildman–Crippen MR) is 88.8 cm³/mol. The van der Waals surface area contributed by atoms with E-state index < -0.39 is 6.09 Å². The summed E-state index contributed by atoms with van der Waals surface area (Å²) < 4.78 is 11.6. The number of nitrogen functional groups attached to an aromatic ring is 1. The summed E-state index contributed by atoms with van der Waals surface area (Å²) in [5.41, 5.74) is 6.92. The zero-order chi connectivity index (χ0) is 16.1. The predicted octanol–water partition coefficient (Wildman–Crippen LogP) is 1.31. The van der Waals surface area contributed by atoms with Crippen LogP contribution in [0.25, 0.3) is 0 Å². The van der Waals surface area contributed by atoms with Crippen molar-refractivity contribution in [3.05, 3.63) is 36.5 Å². The maximum absolute atomic E-state index is 12.0. The van der Waals surface area contributed by atoms with Crippen LogP contribution in [-0.4, -0.2) is 41.6 Å². The molecule has 0 fully saturated rings. The van der Waals surface area contributed by atoms with E-state index in [9.17, 15) is 4.79 Å². The first-order valence-corrected chi connectivity index (χ1v) is 7.92. The molecule has 0 radical (unpaired) electrons. The van der Waals surface area contributed by atoms with Gasteiger partial charge in [-0.1, -0.05) is 0 Å². The van der Waals surface area contributed by atoms with Gasteiger partial charge in [0.1, 0.15) is 0 Å². The Morgan fingerprint density at radius 3 is 2.64 bits per heavy atom. The molecule has 2 rings (SSSR count). The van der Waals surface area contributed by atoms with Crippen LogP contribution >= 0.6 is 0 Å². The van der Waals surface area contributed by atoms with E-state index in [0.29, 0.717) is 29.5 Å². The van der Waals surface area contributed by atoms with Crippen LogP contribution in [-0.2, 0) is 4.74 Å². The van der Waals surface area contributed by atoms with Crippen molar-refractivity contribution < 1.29 is 14.3 Å². The number of rotatable bonds is 4. The van der Waals surface area contributed by atoms with Crippen molar-refractivity contribution in [1.82, 2.24) is 4.98 Å². The summed E-state index contributed by atoms with van der Waals surface area (Å²) >= 11 is 1.30. The number of hydrogen-bond donors (Lipinski definition) is 1. The molecule has 0 saturated carbocycles. The Hall–Kier alpha value is -2.20. The summed E-state index contributed by atoms with van der Waals surface area (Å²) in [6.07, 6.45) is 1.20. The van der Waals surface area contributed by atoms with Crippen molar-refractivity contribution in [1.29, 1.82) is 0 Å². The third-order valence-corrected chi connectivity index (χ3v) is 3.79. The second-order valence-corrected chi connectivity index (χ2v) is 5.62. The fourth-order valence-electron chi connectivity index (χ4n) is 1.85. The summed E-state index contributed by atoms with van der Waals surface area (Å²) in [6.45, 7) is 2.07. The first kappa shape index (κ1) is 16.2. The van der Waals surface area contributed by atoms with E-state index in [2.05, 4.69) is 4.98 Å². The van der Waals surface area contributed by atoms with E-state index in [1.54, 1.807) is 50.5 Å². The average molecular weight is 363 g/mol. The van der Waals surface area contributed by atoms with Crippen LogP contribution < -0.4 is 19.9 Å². The topological polar surface area (TPSA) is 77.7 Å². The molecule has 1 aromatic heterocycles. The minimum absolute atomic E-state index is 0.307. The molecule has 2 N–H and O–H groups in total. The first-order chi connectivity index (χ1) is 10.5. The number of carbonyl (C=O) groups is 1. The Bertz CT molecular complexity index is 662. The van der Waals surface area contributed by atoms with Gasteiger partial charge in [-0.05, 0) is 0 Å². The Morgan fingerprint density at radius 1 is 1.32 bits per heavy atom. The molecule has 0 aliphatic carbocycles. The molecule has 2 aromatic rings. The van der Waals surface area contributed by atoms with Gasteiger partial charge in [-0.2, -0.15) is 0 Å². The van der Waals surface area contributed by atoms with E-state index in [1.807, 2.05) is 0 Å². The van der Waals surface area contributed by atoms with Gasteiger partial charge < -0.3 is 0 Å². The second kappa shape index (κ2) is 7.18. The van der Waals surface area contributed by atoms with Crippen LogP contribution in [0, 0.1) is 0 Å². The number of hydrogen-bond acceptors (Lipinski definition) is 5. The van der Waals surface area contributed by atoms with E-state index in [0.717, 1.165) is 4.48 Å². The molecule has 22 heavy (non-hydrogen) atoms. The number of nitrogens with two attached hydrogens (primary N) is 1. The Morgan fingerprint density at radius 2 is 2.00 bits per heavy atom. The number of benzene rings is 1. The zero-order valence-corrected chi connectivity index (χ0v) is 14.9. The molecule has 1 aromatic carbocycles. The van der Waals surface area contributed by atoms with Gasteiger partial charge in [-0.15, -0.1) is 0 Å². The molecule has 0 aliphatic rings. The Kier molecular flexibility index (Phi) is 5.28. The molecule has 0 spiro atoms. The van der Waals surface area contributed by atoms with Gasteiger partial charge in [0.15, 0.2) is 0 Å². The SMILES string of the molecule is CCOC(=O)N(C)c1c(Oc2ccc(N)cc2)ccnc1[AsH2]. The molecule has 1 unspecified atom stereocenters. The fourth-order valence-corrected chi connectivity index (χ4v) is 2.73. The quantitative estimate of drug-likeness (QED) is 0.655. The molecule has 0 saturated heterocycles. The number of carbonyl (C=O) groups excluding carboxylic acids is 1. The van der Waals surface area contributed by atoms with Crippen molar-refractivity contribution >= 4 is 38.8 Å². The molecular formula is C15H18AsN3O3. The van der Waals surface area contributed by atoms with Crippen molar-refractivity contribution in [2.45, 2.75) is 6.92 Å². The monoisotopic (exact) mass is 363 g/mol. The van der Waals surface area contributed by atoms with E-state index in [-0.39, 0.29) is 0 Å². The Labute approximate surface area is 137 Å². The average Bonchev–Trinajstić information content (AvgIpc) is 2.49. The van der Waals surface area contributed by atoms with Gasteiger partial charge in [0, 0.05) is 0 Å².